The summed E-state index contributed by atoms with van der Waals surface area (Å²) in [6.07, 6.45) is -0.0177. The molecule has 0 aromatic carbocycles. The van der Waals surface area contributed by atoms with Crippen molar-refractivity contribution in [1.29, 1.82) is 0 Å². The molecule has 0 aliphatic rings. The van der Waals surface area contributed by atoms with Gasteiger partial charge in [0.25, 0.3) is 0 Å². The molecular weight excluding hydrogens is 256 g/mol. The molecule has 1 aromatic rings. The summed E-state index contributed by atoms with van der Waals surface area (Å²) in [5.74, 6) is -1.16. The van der Waals surface area contributed by atoms with Crippen LogP contribution in [-0.4, -0.2) is 34.9 Å². The molecule has 7 heteroatoms. The number of thiophene rings is 1. The van der Waals surface area contributed by atoms with Gasteiger partial charge in [0.05, 0.1) is 6.04 Å². The molecule has 1 heterocycles. The van der Waals surface area contributed by atoms with Crippen LogP contribution in [0.2, 0.25) is 0 Å². The van der Waals surface area contributed by atoms with Crippen LogP contribution in [-0.2, 0) is 4.79 Å². The Kier molecular flexibility index (Phi) is 5.60. The number of urea groups is 1. The summed E-state index contributed by atoms with van der Waals surface area (Å²) in [6, 6.07) is 1.94. The van der Waals surface area contributed by atoms with E-state index in [9.17, 15) is 9.59 Å². The van der Waals surface area contributed by atoms with Crippen molar-refractivity contribution in [2.45, 2.75) is 25.4 Å². The molecule has 6 nitrogen and oxygen atoms in total. The normalized spacial score (nSPS) is 13.7. The lowest BCUT2D eigenvalue weighted by molar-refractivity contribution is -0.139. The van der Waals surface area contributed by atoms with Crippen molar-refractivity contribution in [3.05, 3.63) is 22.4 Å². The van der Waals surface area contributed by atoms with Gasteiger partial charge in [-0.1, -0.05) is 6.07 Å². The number of carboxylic acids is 1. The SMILES string of the molecule is CC(NC(=O)N[C@@H](CCO)C(=O)O)c1cccs1. The predicted molar refractivity (Wildman–Crippen MR) is 67.5 cm³/mol. The Balaban J connectivity index is 2.47. The molecule has 4 N–H and O–H groups in total. The number of amides is 2. The summed E-state index contributed by atoms with van der Waals surface area (Å²) in [4.78, 5) is 23.3. The van der Waals surface area contributed by atoms with E-state index in [0.717, 1.165) is 4.88 Å². The van der Waals surface area contributed by atoms with Crippen LogP contribution in [0.25, 0.3) is 0 Å². The molecule has 2 atom stereocenters. The number of rotatable bonds is 6. The number of aliphatic carboxylic acids is 1. The van der Waals surface area contributed by atoms with Gasteiger partial charge in [-0.25, -0.2) is 9.59 Å². The Morgan fingerprint density at radius 1 is 1.44 bits per heavy atom. The fourth-order valence-electron chi connectivity index (χ4n) is 1.39. The van der Waals surface area contributed by atoms with Crippen LogP contribution in [0.1, 0.15) is 24.3 Å². The summed E-state index contributed by atoms with van der Waals surface area (Å²) in [7, 11) is 0. The molecule has 0 bridgehead atoms. The molecule has 1 aromatic heterocycles. The van der Waals surface area contributed by atoms with Crippen LogP contribution in [0, 0.1) is 0 Å². The second kappa shape index (κ2) is 6.97. The molecule has 0 saturated carbocycles. The Labute approximate surface area is 109 Å². The van der Waals surface area contributed by atoms with E-state index >= 15 is 0 Å². The minimum atomic E-state index is -1.16. The van der Waals surface area contributed by atoms with Crippen molar-refractivity contribution in [1.82, 2.24) is 10.6 Å². The summed E-state index contributed by atoms with van der Waals surface area (Å²) in [6.45, 7) is 1.52. The summed E-state index contributed by atoms with van der Waals surface area (Å²) < 4.78 is 0. The van der Waals surface area contributed by atoms with E-state index in [1.165, 1.54) is 11.3 Å². The van der Waals surface area contributed by atoms with Gasteiger partial charge in [-0.15, -0.1) is 11.3 Å². The van der Waals surface area contributed by atoms with E-state index in [1.54, 1.807) is 0 Å². The van der Waals surface area contributed by atoms with Gasteiger partial charge in [-0.2, -0.15) is 0 Å². The van der Waals surface area contributed by atoms with E-state index in [4.69, 9.17) is 10.2 Å². The molecule has 0 aliphatic carbocycles. The van der Waals surface area contributed by atoms with Gasteiger partial charge in [0.15, 0.2) is 0 Å². The largest absolute Gasteiger partial charge is 0.480 e. The van der Waals surface area contributed by atoms with Gasteiger partial charge in [0.2, 0.25) is 0 Å². The topological polar surface area (TPSA) is 98.7 Å². The van der Waals surface area contributed by atoms with Crippen LogP contribution in [0.3, 0.4) is 0 Å². The number of nitrogens with one attached hydrogen (secondary N) is 2. The van der Waals surface area contributed by atoms with Crippen molar-refractivity contribution in [2.75, 3.05) is 6.61 Å². The molecule has 0 radical (unpaired) electrons. The Morgan fingerprint density at radius 2 is 2.17 bits per heavy atom. The highest BCUT2D eigenvalue weighted by Crippen LogP contribution is 2.17. The first-order valence-corrected chi connectivity index (χ1v) is 6.36. The highest BCUT2D eigenvalue weighted by atomic mass is 32.1. The lowest BCUT2D eigenvalue weighted by atomic mass is 10.2. The van der Waals surface area contributed by atoms with Crippen LogP contribution >= 0.6 is 11.3 Å². The Morgan fingerprint density at radius 3 is 2.67 bits per heavy atom. The Hall–Kier alpha value is -1.60. The van der Waals surface area contributed by atoms with Gasteiger partial charge in [0, 0.05) is 17.9 Å². The van der Waals surface area contributed by atoms with Crippen molar-refractivity contribution >= 4 is 23.3 Å². The predicted octanol–water partition coefficient (Wildman–Crippen LogP) is 0.944. The quantitative estimate of drug-likeness (QED) is 0.619. The molecule has 2 amide bonds. The van der Waals surface area contributed by atoms with Gasteiger partial charge >= 0.3 is 12.0 Å². The zero-order chi connectivity index (χ0) is 13.5. The van der Waals surface area contributed by atoms with Crippen molar-refractivity contribution < 1.29 is 19.8 Å². The number of aliphatic hydroxyl groups is 1. The fourth-order valence-corrected chi connectivity index (χ4v) is 2.13. The van der Waals surface area contributed by atoms with Gasteiger partial charge in [-0.05, 0) is 18.4 Å². The maximum Gasteiger partial charge on any atom is 0.326 e. The first-order chi connectivity index (χ1) is 8.54. The van der Waals surface area contributed by atoms with Crippen molar-refractivity contribution in [3.63, 3.8) is 0 Å². The van der Waals surface area contributed by atoms with Crippen LogP contribution in [0.4, 0.5) is 4.79 Å². The molecule has 0 saturated heterocycles. The molecule has 0 aliphatic heterocycles. The molecule has 100 valence electrons. The van der Waals surface area contributed by atoms with E-state index in [-0.39, 0.29) is 19.1 Å². The lowest BCUT2D eigenvalue weighted by Gasteiger charge is -2.17. The maximum atomic E-state index is 11.6. The first-order valence-electron chi connectivity index (χ1n) is 5.48. The molecule has 1 rings (SSSR count). The van der Waals surface area contributed by atoms with Gasteiger partial charge < -0.3 is 20.8 Å². The standard InChI is InChI=1S/C11H16N2O4S/c1-7(9-3-2-6-18-9)12-11(17)13-8(4-5-14)10(15)16/h2-3,6-8,14H,4-5H2,1H3,(H,15,16)(H2,12,13,17)/t7?,8-/m0/s1. The molecule has 1 unspecified atom stereocenters. The number of hydrogen-bond donors (Lipinski definition) is 4. The average molecular weight is 272 g/mol. The van der Waals surface area contributed by atoms with Gasteiger partial charge in [-0.3, -0.25) is 0 Å². The fraction of sp³-hybridized carbons (Fsp3) is 0.455. The molecular formula is C11H16N2O4S. The third-order valence-corrected chi connectivity index (χ3v) is 3.39. The number of carbonyl (C=O) groups is 2. The molecule has 18 heavy (non-hydrogen) atoms. The first kappa shape index (κ1) is 14.5. The van der Waals surface area contributed by atoms with Gasteiger partial charge in [0.1, 0.15) is 6.04 Å². The van der Waals surface area contributed by atoms with E-state index in [2.05, 4.69) is 10.6 Å². The number of hydrogen-bond acceptors (Lipinski definition) is 4. The number of carbonyl (C=O) groups excluding carboxylic acids is 1. The molecule has 0 fully saturated rings. The zero-order valence-electron chi connectivity index (χ0n) is 9.92. The minimum Gasteiger partial charge on any atom is -0.480 e. The third kappa shape index (κ3) is 4.34. The highest BCUT2D eigenvalue weighted by molar-refractivity contribution is 7.10. The summed E-state index contributed by atoms with van der Waals surface area (Å²) >= 11 is 1.51. The summed E-state index contributed by atoms with van der Waals surface area (Å²) in [5, 5.41) is 24.4. The monoisotopic (exact) mass is 272 g/mol. The summed E-state index contributed by atoms with van der Waals surface area (Å²) in [5.41, 5.74) is 0. The van der Waals surface area contributed by atoms with Crippen LogP contribution in [0.15, 0.2) is 17.5 Å². The minimum absolute atomic E-state index is 0.0177. The van der Waals surface area contributed by atoms with Crippen molar-refractivity contribution in [3.8, 4) is 0 Å². The van der Waals surface area contributed by atoms with E-state index < -0.39 is 18.0 Å². The van der Waals surface area contributed by atoms with E-state index in [0.29, 0.717) is 0 Å². The second-order valence-corrected chi connectivity index (χ2v) is 4.74. The number of aliphatic hydroxyl groups excluding tert-OH is 1. The molecule has 0 spiro atoms. The number of carboxylic acid groups (broad SMARTS) is 1. The third-order valence-electron chi connectivity index (χ3n) is 2.34. The second-order valence-electron chi connectivity index (χ2n) is 3.76. The lowest BCUT2D eigenvalue weighted by Crippen LogP contribution is -2.46. The van der Waals surface area contributed by atoms with Crippen molar-refractivity contribution in [2.24, 2.45) is 0 Å². The zero-order valence-corrected chi connectivity index (χ0v) is 10.7. The van der Waals surface area contributed by atoms with E-state index in [1.807, 2.05) is 24.4 Å². The van der Waals surface area contributed by atoms with Crippen LogP contribution < -0.4 is 10.6 Å². The average Bonchev–Trinajstić information content (AvgIpc) is 2.81. The highest BCUT2D eigenvalue weighted by Gasteiger charge is 2.20. The Bertz CT molecular complexity index is 394. The van der Waals surface area contributed by atoms with Crippen LogP contribution in [0.5, 0.6) is 0 Å². The maximum absolute atomic E-state index is 11.6. The smallest absolute Gasteiger partial charge is 0.326 e.